The summed E-state index contributed by atoms with van der Waals surface area (Å²) in [6.07, 6.45) is 0. The van der Waals surface area contributed by atoms with Gasteiger partial charge in [0.25, 0.3) is 5.91 Å². The van der Waals surface area contributed by atoms with Gasteiger partial charge in [0, 0.05) is 22.1 Å². The van der Waals surface area contributed by atoms with Gasteiger partial charge in [-0.1, -0.05) is 35.3 Å². The summed E-state index contributed by atoms with van der Waals surface area (Å²) in [5, 5.41) is 1.24. The third-order valence-electron chi connectivity index (χ3n) is 3.40. The van der Waals surface area contributed by atoms with Crippen LogP contribution >= 0.6 is 39.1 Å². The maximum absolute atomic E-state index is 12.5. The molecule has 0 fully saturated rings. The summed E-state index contributed by atoms with van der Waals surface area (Å²) in [5.41, 5.74) is 1.58. The van der Waals surface area contributed by atoms with Crippen LogP contribution in [0.1, 0.15) is 28.9 Å². The number of halogens is 3. The Balaban J connectivity index is 2.24. The molecule has 2 aromatic rings. The van der Waals surface area contributed by atoms with Gasteiger partial charge in [0.05, 0.1) is 11.1 Å². The van der Waals surface area contributed by atoms with Crippen molar-refractivity contribution in [3.8, 4) is 0 Å². The van der Waals surface area contributed by atoms with Crippen LogP contribution in [-0.4, -0.2) is 17.9 Å². The summed E-state index contributed by atoms with van der Waals surface area (Å²) in [6.45, 7) is 1.97. The number of benzene rings is 2. The van der Waals surface area contributed by atoms with Gasteiger partial charge < -0.3 is 4.90 Å². The van der Waals surface area contributed by atoms with Gasteiger partial charge in [-0.05, 0) is 58.7 Å². The molecule has 2 nitrogen and oxygen atoms in total. The summed E-state index contributed by atoms with van der Waals surface area (Å²) in [4.78, 5) is 14.2. The van der Waals surface area contributed by atoms with Crippen LogP contribution in [0.5, 0.6) is 0 Å². The fourth-order valence-electron chi connectivity index (χ4n) is 2.00. The van der Waals surface area contributed by atoms with E-state index in [4.69, 9.17) is 23.2 Å². The molecule has 0 aliphatic heterocycles. The Morgan fingerprint density at radius 2 is 1.90 bits per heavy atom. The lowest BCUT2D eigenvalue weighted by Gasteiger charge is -2.25. The van der Waals surface area contributed by atoms with Gasteiger partial charge in [-0.3, -0.25) is 4.79 Å². The smallest absolute Gasteiger partial charge is 0.254 e. The number of amides is 1. The van der Waals surface area contributed by atoms with Gasteiger partial charge in [-0.15, -0.1) is 0 Å². The van der Waals surface area contributed by atoms with Crippen LogP contribution in [0.15, 0.2) is 46.9 Å². The molecule has 0 aliphatic rings. The Kier molecular flexibility index (Phi) is 5.31. The van der Waals surface area contributed by atoms with E-state index < -0.39 is 0 Å². The molecule has 0 N–H and O–H groups in total. The molecule has 0 radical (unpaired) electrons. The van der Waals surface area contributed by atoms with Crippen molar-refractivity contribution in [3.63, 3.8) is 0 Å². The maximum atomic E-state index is 12.5. The highest BCUT2D eigenvalue weighted by atomic mass is 79.9. The van der Waals surface area contributed by atoms with Crippen LogP contribution in [0.4, 0.5) is 0 Å². The highest BCUT2D eigenvalue weighted by Gasteiger charge is 2.19. The Hall–Kier alpha value is -1.03. The molecule has 0 saturated heterocycles. The van der Waals surface area contributed by atoms with Crippen molar-refractivity contribution in [3.05, 3.63) is 68.1 Å². The van der Waals surface area contributed by atoms with Crippen LogP contribution in [0.2, 0.25) is 10.0 Å². The van der Waals surface area contributed by atoms with Crippen molar-refractivity contribution in [2.24, 2.45) is 0 Å². The van der Waals surface area contributed by atoms with E-state index in [2.05, 4.69) is 15.9 Å². The minimum Gasteiger partial charge on any atom is -0.335 e. The monoisotopic (exact) mass is 385 g/mol. The van der Waals surface area contributed by atoms with Crippen molar-refractivity contribution in [2.45, 2.75) is 13.0 Å². The lowest BCUT2D eigenvalue weighted by molar-refractivity contribution is 0.0742. The van der Waals surface area contributed by atoms with E-state index >= 15 is 0 Å². The zero-order valence-corrected chi connectivity index (χ0v) is 14.7. The molecule has 21 heavy (non-hydrogen) atoms. The molecule has 110 valence electrons. The van der Waals surface area contributed by atoms with Crippen LogP contribution in [0, 0.1) is 0 Å². The third-order valence-corrected chi connectivity index (χ3v) is 4.85. The molecule has 0 heterocycles. The molecular formula is C16H14BrCl2NO. The Morgan fingerprint density at radius 3 is 2.52 bits per heavy atom. The Bertz CT molecular complexity index is 675. The first kappa shape index (κ1) is 16.3. The molecule has 1 unspecified atom stereocenters. The summed E-state index contributed by atoms with van der Waals surface area (Å²) >= 11 is 15.3. The first-order valence-electron chi connectivity index (χ1n) is 6.38. The predicted octanol–water partition coefficient (Wildman–Crippen LogP) is 5.59. The molecule has 0 spiro atoms. The van der Waals surface area contributed by atoms with E-state index in [9.17, 15) is 4.79 Å². The fourth-order valence-corrected chi connectivity index (χ4v) is 2.69. The number of carbonyl (C=O) groups excluding carboxylic acids is 1. The van der Waals surface area contributed by atoms with Gasteiger partial charge in [0.2, 0.25) is 0 Å². The molecule has 5 heteroatoms. The molecule has 2 rings (SSSR count). The third kappa shape index (κ3) is 3.79. The Morgan fingerprint density at radius 1 is 1.19 bits per heavy atom. The topological polar surface area (TPSA) is 20.3 Å². The number of hydrogen-bond donors (Lipinski definition) is 0. The summed E-state index contributed by atoms with van der Waals surface area (Å²) < 4.78 is 0.707. The zero-order chi connectivity index (χ0) is 15.6. The summed E-state index contributed by atoms with van der Waals surface area (Å²) in [6, 6.07) is 12.6. The largest absolute Gasteiger partial charge is 0.335 e. The minimum atomic E-state index is -0.0781. The van der Waals surface area contributed by atoms with E-state index in [1.807, 2.05) is 31.2 Å². The van der Waals surface area contributed by atoms with Gasteiger partial charge in [-0.2, -0.15) is 0 Å². The molecule has 0 bridgehead atoms. The summed E-state index contributed by atoms with van der Waals surface area (Å²) in [7, 11) is 1.77. The second kappa shape index (κ2) is 6.82. The van der Waals surface area contributed by atoms with Crippen LogP contribution < -0.4 is 0 Å². The second-order valence-electron chi connectivity index (χ2n) is 4.78. The van der Waals surface area contributed by atoms with E-state index in [0.717, 1.165) is 5.56 Å². The molecule has 2 aromatic carbocycles. The first-order chi connectivity index (χ1) is 9.90. The molecule has 0 aliphatic carbocycles. The first-order valence-corrected chi connectivity index (χ1v) is 7.92. The van der Waals surface area contributed by atoms with Crippen LogP contribution in [0.25, 0.3) is 0 Å². The van der Waals surface area contributed by atoms with Crippen molar-refractivity contribution in [1.82, 2.24) is 4.90 Å². The molecule has 0 saturated carbocycles. The zero-order valence-electron chi connectivity index (χ0n) is 11.6. The highest BCUT2D eigenvalue weighted by Crippen LogP contribution is 2.26. The average molecular weight is 387 g/mol. The highest BCUT2D eigenvalue weighted by molar-refractivity contribution is 9.10. The van der Waals surface area contributed by atoms with Crippen molar-refractivity contribution < 1.29 is 4.79 Å². The van der Waals surface area contributed by atoms with Gasteiger partial charge >= 0.3 is 0 Å². The number of nitrogens with zero attached hydrogens (tertiary/aromatic N) is 1. The molecule has 1 atom stereocenters. The van der Waals surface area contributed by atoms with E-state index in [1.165, 1.54) is 0 Å². The lowest BCUT2D eigenvalue weighted by Crippen LogP contribution is -2.29. The number of hydrogen-bond acceptors (Lipinski definition) is 1. The quantitative estimate of drug-likeness (QED) is 0.673. The van der Waals surface area contributed by atoms with Gasteiger partial charge in [0.15, 0.2) is 0 Å². The van der Waals surface area contributed by atoms with Gasteiger partial charge in [0.1, 0.15) is 0 Å². The number of carbonyl (C=O) groups is 1. The van der Waals surface area contributed by atoms with Crippen molar-refractivity contribution in [1.29, 1.82) is 0 Å². The van der Waals surface area contributed by atoms with Gasteiger partial charge in [-0.25, -0.2) is 0 Å². The average Bonchev–Trinajstić information content (AvgIpc) is 2.47. The Labute approximate surface area is 142 Å². The van der Waals surface area contributed by atoms with Crippen LogP contribution in [0.3, 0.4) is 0 Å². The summed E-state index contributed by atoms with van der Waals surface area (Å²) in [5.74, 6) is -0.0696. The second-order valence-corrected chi connectivity index (χ2v) is 6.47. The minimum absolute atomic E-state index is 0.0696. The predicted molar refractivity (Wildman–Crippen MR) is 91.1 cm³/mol. The molecule has 1 amide bonds. The fraction of sp³-hybridized carbons (Fsp3) is 0.188. The lowest BCUT2D eigenvalue weighted by atomic mass is 10.1. The van der Waals surface area contributed by atoms with E-state index in [0.29, 0.717) is 20.1 Å². The maximum Gasteiger partial charge on any atom is 0.254 e. The molecule has 0 aromatic heterocycles. The normalized spacial score (nSPS) is 12.0. The number of rotatable bonds is 3. The van der Waals surface area contributed by atoms with Crippen LogP contribution in [-0.2, 0) is 0 Å². The van der Waals surface area contributed by atoms with E-state index in [1.54, 1.807) is 30.1 Å². The standard InChI is InChI=1S/C16H14BrCl2NO/c1-10(11-4-3-5-13(18)8-11)20(2)16(21)12-6-7-15(19)14(17)9-12/h3-10H,1-2H3. The SMILES string of the molecule is CC(c1cccc(Cl)c1)N(C)C(=O)c1ccc(Cl)c(Br)c1. The molecular weight excluding hydrogens is 373 g/mol. The van der Waals surface area contributed by atoms with Crippen molar-refractivity contribution >= 4 is 45.0 Å². The van der Waals surface area contributed by atoms with Crippen molar-refractivity contribution in [2.75, 3.05) is 7.05 Å². The van der Waals surface area contributed by atoms with E-state index in [-0.39, 0.29) is 11.9 Å².